The molecule has 9 atom stereocenters. The van der Waals surface area contributed by atoms with Crippen molar-refractivity contribution >= 4 is 11.7 Å². The van der Waals surface area contributed by atoms with E-state index >= 15 is 0 Å². The van der Waals surface area contributed by atoms with E-state index in [1.165, 1.54) is 69.1 Å². The number of rotatable bonds is 8. The van der Waals surface area contributed by atoms with Crippen LogP contribution in [-0.4, -0.2) is 17.3 Å². The second kappa shape index (κ2) is 11.3. The number of quaternary nitrogens is 1. The van der Waals surface area contributed by atoms with Gasteiger partial charge in [0.05, 0.1) is 5.56 Å². The predicted octanol–water partition coefficient (Wildman–Crippen LogP) is 7.66. The van der Waals surface area contributed by atoms with Gasteiger partial charge in [0.2, 0.25) is 0 Å². The fourth-order valence-electron chi connectivity index (χ4n) is 9.75. The molecule has 0 bridgehead atoms. The van der Waals surface area contributed by atoms with E-state index in [1.807, 2.05) is 0 Å². The standard InChI is InChI=1S/C34H51NO4/c1-22(2)8-6-9-23(3)29-14-15-30-28-13-12-25-21-27(16-18-33(25,4)31(28)17-19-34(29,30)5)39-32(36)24-10-7-11-26(20-24)35(37)38/h7,10-12,20,22-23,27-31,35,37H,6,8-9,13-19,21H2,1-5H3/t23-,27+,28+,29-,30+,31+,33+,34-/m1/s1. The number of benzene rings is 1. The smallest absolute Gasteiger partial charge is 0.338 e. The zero-order chi connectivity index (χ0) is 27.9. The third-order valence-corrected chi connectivity index (χ3v) is 11.9. The molecule has 3 saturated carbocycles. The van der Waals surface area contributed by atoms with E-state index in [0.717, 1.165) is 54.8 Å². The third kappa shape index (κ3) is 5.48. The van der Waals surface area contributed by atoms with Gasteiger partial charge in [0, 0.05) is 18.6 Å². The molecule has 39 heavy (non-hydrogen) atoms. The van der Waals surface area contributed by atoms with Gasteiger partial charge in [-0.3, -0.25) is 0 Å². The summed E-state index contributed by atoms with van der Waals surface area (Å²) in [6, 6.07) is 6.18. The molecule has 0 spiro atoms. The highest BCUT2D eigenvalue weighted by molar-refractivity contribution is 5.90. The Morgan fingerprint density at radius 1 is 1.10 bits per heavy atom. The summed E-state index contributed by atoms with van der Waals surface area (Å²) in [6.45, 7) is 12.4. The van der Waals surface area contributed by atoms with Crippen LogP contribution in [0.15, 0.2) is 35.9 Å². The molecule has 5 heteroatoms. The minimum Gasteiger partial charge on any atom is -0.595 e. The van der Waals surface area contributed by atoms with Crippen LogP contribution in [0.2, 0.25) is 0 Å². The SMILES string of the molecule is CC(C)CCC[C@@H](C)[C@H]1CC[C@H]2[C@@H]3CC=C4C[C@@H](OC(=O)c5cccc([NH+]([O-])O)c5)CC[C@]4(C)[C@H]3CC[C@]12C. The molecule has 0 saturated heterocycles. The van der Waals surface area contributed by atoms with Crippen molar-refractivity contribution in [2.75, 3.05) is 0 Å². The van der Waals surface area contributed by atoms with Gasteiger partial charge in [-0.15, -0.1) is 0 Å². The minimum atomic E-state index is -1.03. The van der Waals surface area contributed by atoms with Crippen LogP contribution in [0.4, 0.5) is 5.69 Å². The first-order valence-electron chi connectivity index (χ1n) is 15.8. The fraction of sp³-hybridized carbons (Fsp3) is 0.735. The Hall–Kier alpha value is -1.69. The number of carbonyl (C=O) groups is 1. The molecule has 4 aliphatic rings. The molecule has 2 N–H and O–H groups in total. The molecule has 5 nitrogen and oxygen atoms in total. The number of hydrogen-bond donors (Lipinski definition) is 2. The number of esters is 1. The Morgan fingerprint density at radius 2 is 1.90 bits per heavy atom. The minimum absolute atomic E-state index is 0.116. The normalized spacial score (nSPS) is 37.3. The molecule has 1 aromatic rings. The van der Waals surface area contributed by atoms with Gasteiger partial charge in [0.1, 0.15) is 6.10 Å². The summed E-state index contributed by atoms with van der Waals surface area (Å²) in [5, 5.41) is 19.6. The van der Waals surface area contributed by atoms with Crippen molar-refractivity contribution in [2.45, 2.75) is 111 Å². The summed E-state index contributed by atoms with van der Waals surface area (Å²) < 4.78 is 5.94. The summed E-state index contributed by atoms with van der Waals surface area (Å²) in [7, 11) is 0. The molecular formula is C34H51NO4. The Morgan fingerprint density at radius 3 is 2.64 bits per heavy atom. The van der Waals surface area contributed by atoms with Gasteiger partial charge in [-0.25, -0.2) is 10.0 Å². The fourth-order valence-corrected chi connectivity index (χ4v) is 9.75. The zero-order valence-electron chi connectivity index (χ0n) is 24.9. The number of allylic oxidation sites excluding steroid dienone is 1. The highest BCUT2D eigenvalue weighted by atomic mass is 16.8. The van der Waals surface area contributed by atoms with Crippen molar-refractivity contribution in [2.24, 2.45) is 46.3 Å². The average Bonchev–Trinajstić information content (AvgIpc) is 3.26. The molecule has 0 aromatic heterocycles. The van der Waals surface area contributed by atoms with Crippen LogP contribution in [0.25, 0.3) is 0 Å². The van der Waals surface area contributed by atoms with E-state index in [0.29, 0.717) is 11.0 Å². The molecule has 5 rings (SSSR count). The molecule has 0 aliphatic heterocycles. The molecule has 216 valence electrons. The Labute approximate surface area is 235 Å². The van der Waals surface area contributed by atoms with Crippen molar-refractivity contribution in [3.05, 3.63) is 46.7 Å². The monoisotopic (exact) mass is 537 g/mol. The lowest BCUT2D eigenvalue weighted by Crippen LogP contribution is -2.99. The quantitative estimate of drug-likeness (QED) is 0.203. The predicted molar refractivity (Wildman–Crippen MR) is 154 cm³/mol. The Bertz CT molecular complexity index is 1070. The van der Waals surface area contributed by atoms with Crippen molar-refractivity contribution in [1.29, 1.82) is 0 Å². The van der Waals surface area contributed by atoms with E-state index in [2.05, 4.69) is 40.7 Å². The van der Waals surface area contributed by atoms with Gasteiger partial charge in [0.15, 0.2) is 5.69 Å². The number of ether oxygens (including phenoxy) is 1. The van der Waals surface area contributed by atoms with Crippen LogP contribution >= 0.6 is 0 Å². The second-order valence-electron chi connectivity index (χ2n) is 14.4. The molecular weight excluding hydrogens is 486 g/mol. The lowest BCUT2D eigenvalue weighted by atomic mass is 9.47. The molecule has 3 fully saturated rings. The van der Waals surface area contributed by atoms with Crippen molar-refractivity contribution in [3.8, 4) is 0 Å². The van der Waals surface area contributed by atoms with Gasteiger partial charge in [-0.2, -0.15) is 5.23 Å². The number of carbonyl (C=O) groups excluding carboxylic acids is 1. The maximum atomic E-state index is 12.9. The number of hydrogen-bond acceptors (Lipinski definition) is 4. The van der Waals surface area contributed by atoms with Gasteiger partial charge in [-0.1, -0.05) is 71.6 Å². The first kappa shape index (κ1) is 28.8. The Balaban J connectivity index is 1.24. The first-order chi connectivity index (χ1) is 18.5. The lowest BCUT2D eigenvalue weighted by molar-refractivity contribution is -0.991. The summed E-state index contributed by atoms with van der Waals surface area (Å²) in [6.07, 6.45) is 16.1. The van der Waals surface area contributed by atoms with Crippen molar-refractivity contribution in [3.63, 3.8) is 0 Å². The second-order valence-corrected chi connectivity index (χ2v) is 14.4. The third-order valence-electron chi connectivity index (χ3n) is 11.9. The van der Waals surface area contributed by atoms with E-state index in [4.69, 9.17) is 4.74 Å². The highest BCUT2D eigenvalue weighted by Crippen LogP contribution is 2.67. The van der Waals surface area contributed by atoms with Crippen molar-refractivity contribution in [1.82, 2.24) is 0 Å². The average molecular weight is 538 g/mol. The summed E-state index contributed by atoms with van der Waals surface area (Å²) >= 11 is 0. The van der Waals surface area contributed by atoms with Gasteiger partial charge in [-0.05, 0) is 97.3 Å². The number of fused-ring (bicyclic) bond motifs is 5. The molecule has 0 heterocycles. The van der Waals surface area contributed by atoms with Crippen LogP contribution in [-0.2, 0) is 4.74 Å². The van der Waals surface area contributed by atoms with Crippen LogP contribution in [0.1, 0.15) is 116 Å². The van der Waals surface area contributed by atoms with Crippen LogP contribution in [0.3, 0.4) is 0 Å². The Kier molecular flexibility index (Phi) is 8.35. The van der Waals surface area contributed by atoms with Crippen LogP contribution < -0.4 is 5.23 Å². The summed E-state index contributed by atoms with van der Waals surface area (Å²) in [5.41, 5.74) is 2.66. The van der Waals surface area contributed by atoms with Gasteiger partial charge >= 0.3 is 5.97 Å². The largest absolute Gasteiger partial charge is 0.595 e. The topological polar surface area (TPSA) is 74.0 Å². The van der Waals surface area contributed by atoms with E-state index in [1.54, 1.807) is 12.1 Å². The zero-order valence-corrected chi connectivity index (χ0v) is 24.9. The van der Waals surface area contributed by atoms with E-state index < -0.39 is 11.2 Å². The molecule has 0 radical (unpaired) electrons. The number of nitrogens with one attached hydrogen (secondary N) is 1. The lowest BCUT2D eigenvalue weighted by Gasteiger charge is -2.58. The maximum absolute atomic E-state index is 12.9. The van der Waals surface area contributed by atoms with Crippen LogP contribution in [0, 0.1) is 51.5 Å². The van der Waals surface area contributed by atoms with E-state index in [9.17, 15) is 15.2 Å². The molecule has 1 aromatic carbocycles. The summed E-state index contributed by atoms with van der Waals surface area (Å²) in [5.74, 6) is 4.50. The molecule has 0 amide bonds. The maximum Gasteiger partial charge on any atom is 0.338 e. The molecule has 1 unspecified atom stereocenters. The van der Waals surface area contributed by atoms with Gasteiger partial charge < -0.3 is 9.94 Å². The first-order valence-corrected chi connectivity index (χ1v) is 15.8. The summed E-state index contributed by atoms with van der Waals surface area (Å²) in [4.78, 5) is 12.9. The highest BCUT2D eigenvalue weighted by Gasteiger charge is 2.59. The van der Waals surface area contributed by atoms with Crippen LogP contribution in [0.5, 0.6) is 0 Å². The van der Waals surface area contributed by atoms with E-state index in [-0.39, 0.29) is 17.2 Å². The van der Waals surface area contributed by atoms with Crippen molar-refractivity contribution < 1.29 is 20.0 Å². The molecule has 4 aliphatic carbocycles. The van der Waals surface area contributed by atoms with Gasteiger partial charge in [0.25, 0.3) is 0 Å².